The lowest BCUT2D eigenvalue weighted by molar-refractivity contribution is 0.575. The van der Waals surface area contributed by atoms with Crippen molar-refractivity contribution in [3.05, 3.63) is 35.5 Å². The molecule has 1 aliphatic heterocycles. The summed E-state index contributed by atoms with van der Waals surface area (Å²) >= 11 is 8.05. The summed E-state index contributed by atoms with van der Waals surface area (Å²) in [6.45, 7) is 5.40. The summed E-state index contributed by atoms with van der Waals surface area (Å²) in [5, 5.41) is 6.66. The third kappa shape index (κ3) is 3.33. The van der Waals surface area contributed by atoms with Gasteiger partial charge in [0.05, 0.1) is 22.8 Å². The van der Waals surface area contributed by atoms with E-state index in [0.29, 0.717) is 11.2 Å². The molecule has 1 aromatic carbocycles. The number of aromatic nitrogens is 1. The number of aliphatic imine (C=N–C) groups is 1. The Morgan fingerprint density at radius 1 is 1.38 bits per heavy atom. The highest BCUT2D eigenvalue weighted by molar-refractivity contribution is 8.15. The van der Waals surface area contributed by atoms with Crippen molar-refractivity contribution >= 4 is 45.1 Å². The minimum atomic E-state index is 0.582. The molecule has 0 bridgehead atoms. The lowest BCUT2D eigenvalue weighted by Gasteiger charge is -2.12. The molecule has 5 heteroatoms. The van der Waals surface area contributed by atoms with E-state index in [2.05, 4.69) is 29.1 Å². The molecule has 0 amide bonds. The van der Waals surface area contributed by atoms with E-state index in [4.69, 9.17) is 11.6 Å². The van der Waals surface area contributed by atoms with Crippen LogP contribution in [0.1, 0.15) is 20.3 Å². The molecule has 2 heterocycles. The predicted molar refractivity (Wildman–Crippen MR) is 93.5 cm³/mol. The van der Waals surface area contributed by atoms with E-state index in [1.54, 1.807) is 6.20 Å². The van der Waals surface area contributed by atoms with Gasteiger partial charge in [-0.2, -0.15) is 0 Å². The number of fused-ring (bicyclic) bond motifs is 1. The number of hydrogen-bond acceptors (Lipinski definition) is 4. The molecule has 110 valence electrons. The van der Waals surface area contributed by atoms with Crippen molar-refractivity contribution in [3.8, 4) is 0 Å². The van der Waals surface area contributed by atoms with Crippen molar-refractivity contribution in [2.24, 2.45) is 10.9 Å². The molecular formula is C16H18ClN3S. The van der Waals surface area contributed by atoms with Crippen LogP contribution in [0.15, 0.2) is 35.5 Å². The van der Waals surface area contributed by atoms with Gasteiger partial charge in [0.15, 0.2) is 5.17 Å². The average Bonchev–Trinajstić information content (AvgIpc) is 2.89. The van der Waals surface area contributed by atoms with Crippen LogP contribution in [-0.4, -0.2) is 21.9 Å². The van der Waals surface area contributed by atoms with Gasteiger partial charge in [-0.15, -0.1) is 0 Å². The monoisotopic (exact) mass is 319 g/mol. The molecule has 0 radical (unpaired) electrons. The molecule has 0 spiro atoms. The predicted octanol–water partition coefficient (Wildman–Crippen LogP) is 4.82. The van der Waals surface area contributed by atoms with Crippen LogP contribution in [0.25, 0.3) is 10.9 Å². The van der Waals surface area contributed by atoms with E-state index in [-0.39, 0.29) is 0 Å². The van der Waals surface area contributed by atoms with E-state index in [9.17, 15) is 0 Å². The lowest BCUT2D eigenvalue weighted by atomic mass is 10.1. The Bertz CT molecular complexity index is 684. The number of thioether (sulfide) groups is 1. The van der Waals surface area contributed by atoms with Crippen molar-refractivity contribution in [3.63, 3.8) is 0 Å². The van der Waals surface area contributed by atoms with Gasteiger partial charge in [0, 0.05) is 16.8 Å². The lowest BCUT2D eigenvalue weighted by Crippen LogP contribution is -2.10. The zero-order valence-corrected chi connectivity index (χ0v) is 13.7. The van der Waals surface area contributed by atoms with Gasteiger partial charge in [-0.1, -0.05) is 37.2 Å². The molecule has 1 aromatic heterocycles. The number of amidine groups is 1. The molecule has 0 saturated carbocycles. The smallest absolute Gasteiger partial charge is 0.161 e. The van der Waals surface area contributed by atoms with Gasteiger partial charge in [-0.3, -0.25) is 9.98 Å². The maximum absolute atomic E-state index is 6.22. The van der Waals surface area contributed by atoms with Crippen LogP contribution in [0.5, 0.6) is 0 Å². The third-order valence-corrected chi connectivity index (χ3v) is 4.87. The van der Waals surface area contributed by atoms with Crippen LogP contribution in [0.2, 0.25) is 5.02 Å². The molecule has 1 aliphatic rings. The van der Waals surface area contributed by atoms with Crippen LogP contribution in [0.3, 0.4) is 0 Å². The van der Waals surface area contributed by atoms with Gasteiger partial charge in [-0.25, -0.2) is 0 Å². The summed E-state index contributed by atoms with van der Waals surface area (Å²) in [5.74, 6) is 0.704. The van der Waals surface area contributed by atoms with Gasteiger partial charge < -0.3 is 5.32 Å². The van der Waals surface area contributed by atoms with Crippen molar-refractivity contribution in [1.82, 2.24) is 4.98 Å². The summed E-state index contributed by atoms with van der Waals surface area (Å²) in [6.07, 6.45) is 2.98. The maximum atomic E-state index is 6.22. The second-order valence-electron chi connectivity index (χ2n) is 5.63. The SMILES string of the molecule is CC(C)CC1CN=C(Nc2ccc(Cl)c3cccnc23)S1. The fourth-order valence-corrected chi connectivity index (χ4v) is 3.97. The highest BCUT2D eigenvalue weighted by Gasteiger charge is 2.21. The molecule has 0 saturated heterocycles. The van der Waals surface area contributed by atoms with E-state index in [1.165, 1.54) is 6.42 Å². The summed E-state index contributed by atoms with van der Waals surface area (Å²) in [4.78, 5) is 9.04. The molecule has 3 nitrogen and oxygen atoms in total. The van der Waals surface area contributed by atoms with Crippen molar-refractivity contribution in [2.45, 2.75) is 25.5 Å². The quantitative estimate of drug-likeness (QED) is 0.881. The molecule has 1 N–H and O–H groups in total. The van der Waals surface area contributed by atoms with Crippen LogP contribution in [0, 0.1) is 5.92 Å². The molecule has 0 fully saturated rings. The number of benzene rings is 1. The average molecular weight is 320 g/mol. The van der Waals surface area contributed by atoms with Crippen LogP contribution in [-0.2, 0) is 0 Å². The Kier molecular flexibility index (Phi) is 4.36. The molecule has 1 atom stereocenters. The summed E-state index contributed by atoms with van der Waals surface area (Å²) in [5.41, 5.74) is 1.85. The first-order chi connectivity index (χ1) is 10.1. The molecule has 3 rings (SSSR count). The van der Waals surface area contributed by atoms with E-state index in [1.807, 2.05) is 36.0 Å². The molecule has 1 unspecified atom stereocenters. The Morgan fingerprint density at radius 3 is 3.05 bits per heavy atom. The minimum absolute atomic E-state index is 0.582. The van der Waals surface area contributed by atoms with Gasteiger partial charge >= 0.3 is 0 Å². The largest absolute Gasteiger partial charge is 0.333 e. The fraction of sp³-hybridized carbons (Fsp3) is 0.375. The zero-order valence-electron chi connectivity index (χ0n) is 12.1. The number of hydrogen-bond donors (Lipinski definition) is 1. The van der Waals surface area contributed by atoms with Crippen LogP contribution >= 0.6 is 23.4 Å². The molecular weight excluding hydrogens is 302 g/mol. The number of rotatable bonds is 3. The summed E-state index contributed by atoms with van der Waals surface area (Å²) in [7, 11) is 0. The van der Waals surface area contributed by atoms with E-state index < -0.39 is 0 Å². The van der Waals surface area contributed by atoms with E-state index in [0.717, 1.165) is 33.3 Å². The zero-order chi connectivity index (χ0) is 14.8. The first-order valence-corrected chi connectivity index (χ1v) is 8.40. The standard InChI is InChI=1S/C16H18ClN3S/c1-10(2)8-11-9-19-16(21-11)20-14-6-5-13(17)12-4-3-7-18-15(12)14/h3-7,10-11H,8-9H2,1-2H3,(H,19,20). The van der Waals surface area contributed by atoms with Gasteiger partial charge in [0.2, 0.25) is 0 Å². The van der Waals surface area contributed by atoms with Gasteiger partial charge in [-0.05, 0) is 36.6 Å². The number of pyridine rings is 1. The van der Waals surface area contributed by atoms with Gasteiger partial charge in [0.25, 0.3) is 0 Å². The summed E-state index contributed by atoms with van der Waals surface area (Å²) < 4.78 is 0. The fourth-order valence-electron chi connectivity index (χ4n) is 2.49. The number of nitrogens with one attached hydrogen (secondary N) is 1. The van der Waals surface area contributed by atoms with Crippen LogP contribution < -0.4 is 5.32 Å². The third-order valence-electron chi connectivity index (χ3n) is 3.41. The highest BCUT2D eigenvalue weighted by atomic mass is 35.5. The topological polar surface area (TPSA) is 37.3 Å². The molecule has 0 aliphatic carbocycles. The Hall–Kier alpha value is -1.26. The van der Waals surface area contributed by atoms with Crippen molar-refractivity contribution < 1.29 is 0 Å². The molecule has 2 aromatic rings. The summed E-state index contributed by atoms with van der Waals surface area (Å²) in [6, 6.07) is 7.76. The first-order valence-electron chi connectivity index (χ1n) is 7.15. The minimum Gasteiger partial charge on any atom is -0.333 e. The number of nitrogens with zero attached hydrogens (tertiary/aromatic N) is 2. The normalized spacial score (nSPS) is 18.3. The Morgan fingerprint density at radius 2 is 2.24 bits per heavy atom. The Balaban J connectivity index is 1.79. The van der Waals surface area contributed by atoms with Crippen LogP contribution in [0.4, 0.5) is 5.69 Å². The van der Waals surface area contributed by atoms with Crippen molar-refractivity contribution in [1.29, 1.82) is 0 Å². The van der Waals surface area contributed by atoms with Crippen molar-refractivity contribution in [2.75, 3.05) is 11.9 Å². The highest BCUT2D eigenvalue weighted by Crippen LogP contribution is 2.31. The first kappa shape index (κ1) is 14.7. The Labute approximate surface area is 134 Å². The number of halogens is 1. The number of anilines is 1. The second kappa shape index (κ2) is 6.24. The molecule has 21 heavy (non-hydrogen) atoms. The maximum Gasteiger partial charge on any atom is 0.161 e. The van der Waals surface area contributed by atoms with E-state index >= 15 is 0 Å². The van der Waals surface area contributed by atoms with Gasteiger partial charge in [0.1, 0.15) is 0 Å². The second-order valence-corrected chi connectivity index (χ2v) is 7.33.